The largest absolute Gasteiger partial charge is 0.381 e. The maximum absolute atomic E-state index is 13.5. The topological polar surface area (TPSA) is 76.4 Å². The van der Waals surface area contributed by atoms with Crippen LogP contribution in [0.3, 0.4) is 0 Å². The summed E-state index contributed by atoms with van der Waals surface area (Å²) in [6, 6.07) is 20.3. The summed E-state index contributed by atoms with van der Waals surface area (Å²) in [6.07, 6.45) is 2.63. The average Bonchev–Trinajstić information content (AvgIpc) is 3.35. The number of aromatic nitrogens is 4. The van der Waals surface area contributed by atoms with E-state index in [1.807, 2.05) is 52.9 Å². The van der Waals surface area contributed by atoms with Crippen molar-refractivity contribution in [2.75, 3.05) is 44.3 Å². The second kappa shape index (κ2) is 11.1. The summed E-state index contributed by atoms with van der Waals surface area (Å²) in [7, 11) is 0. The van der Waals surface area contributed by atoms with Crippen LogP contribution >= 0.6 is 0 Å². The zero-order valence-electron chi connectivity index (χ0n) is 22.8. The SMILES string of the molecule is CCC(C(=O)N1CCN(c2nc(C3CCOCC3)nc3c2c(C)nn3-c2ccccc2)CC1)c1ccccc1. The van der Waals surface area contributed by atoms with E-state index < -0.39 is 0 Å². The van der Waals surface area contributed by atoms with E-state index in [2.05, 4.69) is 36.1 Å². The highest BCUT2D eigenvalue weighted by Crippen LogP contribution is 2.34. The summed E-state index contributed by atoms with van der Waals surface area (Å²) in [6.45, 7) is 8.40. The van der Waals surface area contributed by atoms with Crippen LogP contribution in [-0.2, 0) is 9.53 Å². The minimum absolute atomic E-state index is 0.102. The van der Waals surface area contributed by atoms with Crippen molar-refractivity contribution in [3.05, 3.63) is 77.7 Å². The number of rotatable bonds is 6. The van der Waals surface area contributed by atoms with Crippen molar-refractivity contribution in [3.63, 3.8) is 0 Å². The summed E-state index contributed by atoms with van der Waals surface area (Å²) in [5, 5.41) is 5.90. The number of para-hydroxylation sites is 1. The van der Waals surface area contributed by atoms with Gasteiger partial charge in [0.1, 0.15) is 11.6 Å². The molecule has 2 fully saturated rings. The Kier molecular flexibility index (Phi) is 7.28. The molecule has 202 valence electrons. The van der Waals surface area contributed by atoms with E-state index in [0.29, 0.717) is 13.1 Å². The Hall–Kier alpha value is -3.78. The number of amides is 1. The summed E-state index contributed by atoms with van der Waals surface area (Å²) in [4.78, 5) is 28.2. The zero-order valence-corrected chi connectivity index (χ0v) is 22.8. The van der Waals surface area contributed by atoms with Crippen LogP contribution < -0.4 is 4.90 Å². The normalized spacial score (nSPS) is 17.5. The fraction of sp³-hybridized carbons (Fsp3) is 0.419. The first kappa shape index (κ1) is 25.5. The van der Waals surface area contributed by atoms with Crippen molar-refractivity contribution in [2.45, 2.75) is 44.9 Å². The number of ether oxygens (including phenoxy) is 1. The standard InChI is InChI=1S/C31H36N6O2/c1-3-26(23-10-6-4-7-11-23)31(38)36-18-16-35(17-19-36)29-27-22(2)34-37(25-12-8-5-9-13-25)30(27)33-28(32-29)24-14-20-39-21-15-24/h4-13,24,26H,3,14-21H2,1-2H3. The highest BCUT2D eigenvalue weighted by atomic mass is 16.5. The molecule has 6 rings (SSSR count). The van der Waals surface area contributed by atoms with Crippen molar-refractivity contribution >= 4 is 22.8 Å². The van der Waals surface area contributed by atoms with Crippen LogP contribution in [0.5, 0.6) is 0 Å². The molecule has 2 aliphatic rings. The average molecular weight is 525 g/mol. The molecule has 2 aromatic heterocycles. The Bertz CT molecular complexity index is 1420. The molecular weight excluding hydrogens is 488 g/mol. The van der Waals surface area contributed by atoms with Crippen LogP contribution in [0.25, 0.3) is 16.7 Å². The van der Waals surface area contributed by atoms with Gasteiger partial charge < -0.3 is 14.5 Å². The van der Waals surface area contributed by atoms with Gasteiger partial charge in [-0.25, -0.2) is 14.6 Å². The molecule has 0 aliphatic carbocycles. The number of carbonyl (C=O) groups excluding carboxylic acids is 1. The molecular formula is C31H36N6O2. The first-order valence-electron chi connectivity index (χ1n) is 14.1. The molecule has 2 aromatic carbocycles. The predicted octanol–water partition coefficient (Wildman–Crippen LogP) is 4.86. The van der Waals surface area contributed by atoms with E-state index >= 15 is 0 Å². The van der Waals surface area contributed by atoms with Crippen LogP contribution in [0.4, 0.5) is 5.82 Å². The third kappa shape index (κ3) is 5.01. The molecule has 8 heteroatoms. The van der Waals surface area contributed by atoms with Gasteiger partial charge in [0.25, 0.3) is 0 Å². The Morgan fingerprint density at radius 1 is 0.949 bits per heavy atom. The lowest BCUT2D eigenvalue weighted by Crippen LogP contribution is -2.50. The van der Waals surface area contributed by atoms with E-state index in [0.717, 1.165) is 85.2 Å². The molecule has 1 amide bonds. The Balaban J connectivity index is 1.32. The smallest absolute Gasteiger partial charge is 0.230 e. The predicted molar refractivity (Wildman–Crippen MR) is 152 cm³/mol. The molecule has 0 radical (unpaired) electrons. The minimum Gasteiger partial charge on any atom is -0.381 e. The highest BCUT2D eigenvalue weighted by molar-refractivity contribution is 5.91. The van der Waals surface area contributed by atoms with E-state index in [4.69, 9.17) is 19.8 Å². The number of hydrogen-bond acceptors (Lipinski definition) is 6. The van der Waals surface area contributed by atoms with Crippen LogP contribution in [0.1, 0.15) is 55.1 Å². The second-order valence-electron chi connectivity index (χ2n) is 10.5. The van der Waals surface area contributed by atoms with Crippen molar-refractivity contribution in [2.24, 2.45) is 0 Å². The molecule has 0 spiro atoms. The minimum atomic E-state index is -0.102. The van der Waals surface area contributed by atoms with E-state index in [-0.39, 0.29) is 17.7 Å². The van der Waals surface area contributed by atoms with Gasteiger partial charge >= 0.3 is 0 Å². The van der Waals surface area contributed by atoms with Gasteiger partial charge in [-0.2, -0.15) is 5.10 Å². The molecule has 4 heterocycles. The number of fused-ring (bicyclic) bond motifs is 1. The highest BCUT2D eigenvalue weighted by Gasteiger charge is 2.31. The quantitative estimate of drug-likeness (QED) is 0.359. The molecule has 2 saturated heterocycles. The number of carbonyl (C=O) groups is 1. The Morgan fingerprint density at radius 3 is 2.28 bits per heavy atom. The van der Waals surface area contributed by atoms with Gasteiger partial charge in [-0.1, -0.05) is 55.5 Å². The molecule has 1 unspecified atom stereocenters. The first-order valence-corrected chi connectivity index (χ1v) is 14.1. The molecule has 0 bridgehead atoms. The number of anilines is 1. The van der Waals surface area contributed by atoms with Crippen molar-refractivity contribution in [1.82, 2.24) is 24.6 Å². The third-order valence-corrected chi connectivity index (χ3v) is 8.09. The Morgan fingerprint density at radius 2 is 1.62 bits per heavy atom. The van der Waals surface area contributed by atoms with Gasteiger partial charge in [-0.3, -0.25) is 4.79 Å². The zero-order chi connectivity index (χ0) is 26.8. The van der Waals surface area contributed by atoms with Crippen LogP contribution in [-0.4, -0.2) is 69.9 Å². The van der Waals surface area contributed by atoms with E-state index in [1.54, 1.807) is 0 Å². The van der Waals surface area contributed by atoms with Gasteiger partial charge in [-0.15, -0.1) is 0 Å². The van der Waals surface area contributed by atoms with Crippen LogP contribution in [0, 0.1) is 6.92 Å². The van der Waals surface area contributed by atoms with Gasteiger partial charge in [0.15, 0.2) is 5.65 Å². The first-order chi connectivity index (χ1) is 19.1. The lowest BCUT2D eigenvalue weighted by atomic mass is 9.95. The number of aryl methyl sites for hydroxylation is 1. The number of nitrogens with zero attached hydrogens (tertiary/aromatic N) is 6. The van der Waals surface area contributed by atoms with Gasteiger partial charge in [0.2, 0.25) is 5.91 Å². The number of hydrogen-bond donors (Lipinski definition) is 0. The molecule has 1 atom stereocenters. The lowest BCUT2D eigenvalue weighted by Gasteiger charge is -2.37. The summed E-state index contributed by atoms with van der Waals surface area (Å²) >= 11 is 0. The monoisotopic (exact) mass is 524 g/mol. The molecule has 2 aliphatic heterocycles. The van der Waals surface area contributed by atoms with E-state index in [1.165, 1.54) is 0 Å². The molecule has 0 N–H and O–H groups in total. The number of piperazine rings is 1. The number of benzene rings is 2. The summed E-state index contributed by atoms with van der Waals surface area (Å²) in [5.41, 5.74) is 3.84. The van der Waals surface area contributed by atoms with Crippen molar-refractivity contribution in [1.29, 1.82) is 0 Å². The fourth-order valence-corrected chi connectivity index (χ4v) is 5.89. The maximum atomic E-state index is 13.5. The third-order valence-electron chi connectivity index (χ3n) is 8.09. The lowest BCUT2D eigenvalue weighted by molar-refractivity contribution is -0.133. The Labute approximate surface area is 229 Å². The molecule has 8 nitrogen and oxygen atoms in total. The van der Waals surface area contributed by atoms with Crippen LogP contribution in [0.2, 0.25) is 0 Å². The van der Waals surface area contributed by atoms with Gasteiger partial charge in [0, 0.05) is 45.3 Å². The summed E-state index contributed by atoms with van der Waals surface area (Å²) < 4.78 is 7.57. The van der Waals surface area contributed by atoms with Crippen molar-refractivity contribution < 1.29 is 9.53 Å². The molecule has 0 saturated carbocycles. The maximum Gasteiger partial charge on any atom is 0.230 e. The fourth-order valence-electron chi connectivity index (χ4n) is 5.89. The van der Waals surface area contributed by atoms with Crippen molar-refractivity contribution in [3.8, 4) is 5.69 Å². The van der Waals surface area contributed by atoms with Gasteiger partial charge in [-0.05, 0) is 43.9 Å². The second-order valence-corrected chi connectivity index (χ2v) is 10.5. The summed E-state index contributed by atoms with van der Waals surface area (Å²) in [5.74, 6) is 2.18. The van der Waals surface area contributed by atoms with E-state index in [9.17, 15) is 4.79 Å². The van der Waals surface area contributed by atoms with Crippen LogP contribution in [0.15, 0.2) is 60.7 Å². The van der Waals surface area contributed by atoms with Gasteiger partial charge in [0.05, 0.1) is 22.7 Å². The molecule has 4 aromatic rings. The molecule has 39 heavy (non-hydrogen) atoms.